The lowest BCUT2D eigenvalue weighted by Gasteiger charge is -2.27. The average Bonchev–Trinajstić information content (AvgIpc) is 2.82. The lowest BCUT2D eigenvalue weighted by molar-refractivity contribution is -0.137. The van der Waals surface area contributed by atoms with Crippen molar-refractivity contribution in [2.75, 3.05) is 25.5 Å². The Kier molecular flexibility index (Phi) is 7.63. The highest BCUT2D eigenvalue weighted by Gasteiger charge is 2.38. The zero-order valence-electron chi connectivity index (χ0n) is 20.8. The molecule has 202 valence electrons. The van der Waals surface area contributed by atoms with Crippen molar-refractivity contribution in [3.63, 3.8) is 0 Å². The normalized spacial score (nSPS) is 14.6. The zero-order chi connectivity index (χ0) is 27.7. The number of aromatic nitrogens is 3. The van der Waals surface area contributed by atoms with Crippen LogP contribution >= 0.6 is 0 Å². The van der Waals surface area contributed by atoms with E-state index in [1.165, 1.54) is 42.3 Å². The molecule has 0 unspecified atom stereocenters. The predicted molar refractivity (Wildman–Crippen MR) is 131 cm³/mol. The first-order chi connectivity index (χ1) is 17.8. The number of fused-ring (bicyclic) bond motifs is 1. The number of likely N-dealkylation sites (N-methyl/N-ethyl adjacent to an activating group) is 1. The molecule has 0 fully saturated rings. The van der Waals surface area contributed by atoms with E-state index in [-0.39, 0.29) is 53.4 Å². The van der Waals surface area contributed by atoms with E-state index in [2.05, 4.69) is 20.3 Å². The molecule has 38 heavy (non-hydrogen) atoms. The molecule has 0 spiro atoms. The van der Waals surface area contributed by atoms with Crippen molar-refractivity contribution >= 4 is 28.2 Å². The molecule has 3 aromatic rings. The van der Waals surface area contributed by atoms with Crippen molar-refractivity contribution in [1.82, 2.24) is 19.9 Å². The number of rotatable bonds is 7. The molecule has 0 aliphatic carbocycles. The van der Waals surface area contributed by atoms with Gasteiger partial charge in [0.1, 0.15) is 12.4 Å². The summed E-state index contributed by atoms with van der Waals surface area (Å²) in [5.74, 6) is 0.558. The molecule has 0 saturated heterocycles. The van der Waals surface area contributed by atoms with Gasteiger partial charge in [-0.25, -0.2) is 15.0 Å². The molecule has 0 saturated carbocycles. The number of nitrogens with one attached hydrogen (secondary N) is 1. The summed E-state index contributed by atoms with van der Waals surface area (Å²) in [6.07, 6.45) is -6.71. The number of alkyl halides is 6. The number of anilines is 2. The first kappa shape index (κ1) is 27.4. The van der Waals surface area contributed by atoms with E-state index in [0.717, 1.165) is 18.2 Å². The van der Waals surface area contributed by atoms with E-state index >= 15 is 0 Å². The third-order valence-corrected chi connectivity index (χ3v) is 5.59. The average molecular weight is 538 g/mol. The van der Waals surface area contributed by atoms with E-state index in [1.54, 1.807) is 0 Å². The molecule has 1 N–H and O–H groups in total. The van der Waals surface area contributed by atoms with Crippen LogP contribution in [0.2, 0.25) is 0 Å². The number of pyridine rings is 1. The second-order valence-electron chi connectivity index (χ2n) is 9.21. The van der Waals surface area contributed by atoms with E-state index < -0.39 is 23.5 Å². The van der Waals surface area contributed by atoms with Gasteiger partial charge in [-0.05, 0) is 36.2 Å². The number of ether oxygens (including phenoxy) is 1. The topological polar surface area (TPSA) is 63.2 Å². The highest BCUT2D eigenvalue weighted by molar-refractivity contribution is 5.90. The molecule has 1 aromatic carbocycles. The minimum Gasteiger partial charge on any atom is -0.373 e. The van der Waals surface area contributed by atoms with Crippen molar-refractivity contribution in [3.05, 3.63) is 71.2 Å². The summed E-state index contributed by atoms with van der Waals surface area (Å²) in [5, 5.41) is 3.20. The molecule has 2 aromatic heterocycles. The molecule has 1 aliphatic rings. The maximum atomic E-state index is 13.8. The van der Waals surface area contributed by atoms with Crippen molar-refractivity contribution in [2.45, 2.75) is 32.8 Å². The van der Waals surface area contributed by atoms with Gasteiger partial charge in [0, 0.05) is 25.9 Å². The molecule has 12 heteroatoms. The largest absolute Gasteiger partial charge is 0.418 e. The highest BCUT2D eigenvalue weighted by Crippen LogP contribution is 2.37. The molecule has 1 aliphatic heterocycles. The molecule has 0 radical (unpaired) electrons. The second-order valence-corrected chi connectivity index (χ2v) is 9.21. The standard InChI is InChI=1S/C26H25F6N5O/c1-15(2)13-38-14-21-35-23(33-17-7-4-6-16(12-17)25(27,28)29)18-9-10-20(34-24(18)36-21)22-19(26(30,31)32)8-5-11-37(22)3/h4-10,12,15H,11,13-14H2,1-3H3,(H,33,34,35,36). The predicted octanol–water partition coefficient (Wildman–Crippen LogP) is 6.73. The number of nitrogens with zero attached hydrogens (tertiary/aromatic N) is 4. The van der Waals surface area contributed by atoms with Gasteiger partial charge in [-0.1, -0.05) is 32.1 Å². The monoisotopic (exact) mass is 537 g/mol. The lowest BCUT2D eigenvalue weighted by Crippen LogP contribution is -2.26. The van der Waals surface area contributed by atoms with Gasteiger partial charge in [-0.3, -0.25) is 0 Å². The number of allylic oxidation sites excluding steroid dienone is 2. The van der Waals surface area contributed by atoms with E-state index in [9.17, 15) is 26.3 Å². The molecular formula is C26H25F6N5O. The fraction of sp³-hybridized carbons (Fsp3) is 0.346. The van der Waals surface area contributed by atoms with Crippen LogP contribution in [-0.4, -0.2) is 46.2 Å². The Morgan fingerprint density at radius 1 is 1.00 bits per heavy atom. The Hall–Kier alpha value is -3.67. The Balaban J connectivity index is 1.82. The van der Waals surface area contributed by atoms with E-state index in [4.69, 9.17) is 4.74 Å². The third kappa shape index (κ3) is 6.24. The summed E-state index contributed by atoms with van der Waals surface area (Å²) >= 11 is 0. The van der Waals surface area contributed by atoms with Gasteiger partial charge in [-0.15, -0.1) is 0 Å². The number of halogens is 6. The summed E-state index contributed by atoms with van der Waals surface area (Å²) in [4.78, 5) is 14.7. The van der Waals surface area contributed by atoms with Crippen LogP contribution in [-0.2, 0) is 17.5 Å². The number of hydrogen-bond donors (Lipinski definition) is 1. The fourth-order valence-electron chi connectivity index (χ4n) is 3.91. The molecule has 4 rings (SSSR count). The van der Waals surface area contributed by atoms with Crippen LogP contribution in [0.5, 0.6) is 0 Å². The summed E-state index contributed by atoms with van der Waals surface area (Å²) in [6.45, 7) is 4.56. The first-order valence-corrected chi connectivity index (χ1v) is 11.7. The van der Waals surface area contributed by atoms with Crippen LogP contribution < -0.4 is 5.32 Å². The summed E-state index contributed by atoms with van der Waals surface area (Å²) in [6, 6.07) is 7.50. The molecule has 0 atom stereocenters. The third-order valence-electron chi connectivity index (χ3n) is 5.59. The fourth-order valence-corrected chi connectivity index (χ4v) is 3.91. The summed E-state index contributed by atoms with van der Waals surface area (Å²) in [5.41, 5.74) is -1.54. The Labute approximate surface area is 215 Å². The van der Waals surface area contributed by atoms with Crippen molar-refractivity contribution in [2.24, 2.45) is 5.92 Å². The van der Waals surface area contributed by atoms with Gasteiger partial charge in [-0.2, -0.15) is 26.3 Å². The molecule has 0 bridgehead atoms. The first-order valence-electron chi connectivity index (χ1n) is 11.7. The lowest BCUT2D eigenvalue weighted by atomic mass is 10.0. The molecular weight excluding hydrogens is 512 g/mol. The van der Waals surface area contributed by atoms with Gasteiger partial charge in [0.15, 0.2) is 11.5 Å². The molecule has 3 heterocycles. The van der Waals surface area contributed by atoms with Crippen molar-refractivity contribution in [3.8, 4) is 0 Å². The van der Waals surface area contributed by atoms with Gasteiger partial charge in [0.2, 0.25) is 0 Å². The Bertz CT molecular complexity index is 1380. The maximum Gasteiger partial charge on any atom is 0.418 e. The highest BCUT2D eigenvalue weighted by atomic mass is 19.4. The Morgan fingerprint density at radius 3 is 2.45 bits per heavy atom. The van der Waals surface area contributed by atoms with Crippen LogP contribution in [0.4, 0.5) is 37.8 Å². The smallest absolute Gasteiger partial charge is 0.373 e. The summed E-state index contributed by atoms with van der Waals surface area (Å²) < 4.78 is 86.6. The Morgan fingerprint density at radius 2 is 1.76 bits per heavy atom. The zero-order valence-corrected chi connectivity index (χ0v) is 20.8. The summed E-state index contributed by atoms with van der Waals surface area (Å²) in [7, 11) is 1.53. The minimum atomic E-state index is -4.60. The molecule has 0 amide bonds. The maximum absolute atomic E-state index is 13.8. The van der Waals surface area contributed by atoms with Gasteiger partial charge in [0.25, 0.3) is 0 Å². The second kappa shape index (κ2) is 10.6. The quantitative estimate of drug-likeness (QED) is 0.337. The minimum absolute atomic E-state index is 0.0174. The van der Waals surface area contributed by atoms with Crippen LogP contribution in [0, 0.1) is 5.92 Å². The number of benzene rings is 1. The molecule has 6 nitrogen and oxygen atoms in total. The van der Waals surface area contributed by atoms with Crippen LogP contribution in [0.15, 0.2) is 54.1 Å². The van der Waals surface area contributed by atoms with Crippen LogP contribution in [0.25, 0.3) is 16.7 Å². The number of hydrogen-bond acceptors (Lipinski definition) is 6. The van der Waals surface area contributed by atoms with Crippen molar-refractivity contribution in [1.29, 1.82) is 0 Å². The van der Waals surface area contributed by atoms with Crippen LogP contribution in [0.1, 0.15) is 30.9 Å². The SMILES string of the molecule is CC(C)COCc1nc(Nc2cccc(C(F)(F)F)c2)c2ccc(C3=C(C(F)(F)F)C=CCN3C)nc2n1. The van der Waals surface area contributed by atoms with Crippen LogP contribution in [0.3, 0.4) is 0 Å². The van der Waals surface area contributed by atoms with Crippen molar-refractivity contribution < 1.29 is 31.1 Å². The van der Waals surface area contributed by atoms with E-state index in [0.29, 0.717) is 12.0 Å². The van der Waals surface area contributed by atoms with E-state index in [1.807, 2.05) is 13.8 Å². The van der Waals surface area contributed by atoms with Gasteiger partial charge < -0.3 is 15.0 Å². The van der Waals surface area contributed by atoms with Gasteiger partial charge >= 0.3 is 12.4 Å². The van der Waals surface area contributed by atoms with Gasteiger partial charge in [0.05, 0.1) is 27.9 Å².